The fourth-order valence-electron chi connectivity index (χ4n) is 4.04. The fourth-order valence-corrected chi connectivity index (χ4v) is 6.13. The van der Waals surface area contributed by atoms with E-state index in [0.29, 0.717) is 17.8 Å². The number of morpholine rings is 1. The van der Waals surface area contributed by atoms with Crippen LogP contribution in [0.5, 0.6) is 0 Å². The van der Waals surface area contributed by atoms with E-state index in [4.69, 9.17) is 4.74 Å². The van der Waals surface area contributed by atoms with Gasteiger partial charge in [-0.1, -0.05) is 23.9 Å². The van der Waals surface area contributed by atoms with Crippen LogP contribution in [0.1, 0.15) is 16.7 Å². The van der Waals surface area contributed by atoms with Gasteiger partial charge in [0.05, 0.1) is 29.2 Å². The third-order valence-corrected chi connectivity index (χ3v) is 8.38. The topological polar surface area (TPSA) is 75.7 Å². The summed E-state index contributed by atoms with van der Waals surface area (Å²) in [4.78, 5) is 12.6. The molecule has 0 aromatic heterocycles. The minimum Gasteiger partial charge on any atom is -0.378 e. The summed E-state index contributed by atoms with van der Waals surface area (Å²) in [6.45, 7) is 0.842. The molecule has 1 N–H and O–H groups in total. The maximum absolute atomic E-state index is 14.2. The largest absolute Gasteiger partial charge is 0.418 e. The van der Waals surface area contributed by atoms with Crippen LogP contribution in [-0.2, 0) is 31.9 Å². The number of ether oxygens (including phenoxy) is 1. The summed E-state index contributed by atoms with van der Waals surface area (Å²) in [7, 11) is -4.20. The Morgan fingerprint density at radius 1 is 0.905 bits per heavy atom. The van der Waals surface area contributed by atoms with Crippen molar-refractivity contribution < 1.29 is 48.7 Å². The summed E-state index contributed by atoms with van der Waals surface area (Å²) in [5.41, 5.74) is -4.84. The molecule has 224 valence electrons. The van der Waals surface area contributed by atoms with Gasteiger partial charge in [0, 0.05) is 34.6 Å². The van der Waals surface area contributed by atoms with Crippen molar-refractivity contribution in [3.05, 3.63) is 89.2 Å². The normalized spacial score (nSPS) is 14.8. The van der Waals surface area contributed by atoms with E-state index in [2.05, 4.69) is 4.72 Å². The van der Waals surface area contributed by atoms with Crippen molar-refractivity contribution in [3.8, 4) is 0 Å². The van der Waals surface area contributed by atoms with Crippen LogP contribution in [0.15, 0.2) is 81.4 Å². The molecule has 3 aromatic carbocycles. The molecule has 0 spiro atoms. The van der Waals surface area contributed by atoms with E-state index in [-0.39, 0.29) is 41.8 Å². The second-order valence-electron chi connectivity index (χ2n) is 8.86. The molecule has 15 heteroatoms. The molecule has 0 saturated carbocycles. The highest BCUT2D eigenvalue weighted by Gasteiger charge is 2.46. The van der Waals surface area contributed by atoms with Gasteiger partial charge in [-0.05, 0) is 60.2 Å². The lowest BCUT2D eigenvalue weighted by Crippen LogP contribution is -2.39. The molecule has 0 aliphatic carbocycles. The van der Waals surface area contributed by atoms with Gasteiger partial charge < -0.3 is 9.64 Å². The highest BCUT2D eigenvalue weighted by molar-refractivity contribution is 7.99. The van der Waals surface area contributed by atoms with E-state index >= 15 is 0 Å². The number of hydrogen-bond acceptors (Lipinski definition) is 5. The lowest BCUT2D eigenvalue weighted by molar-refractivity contribution is -0.163. The third kappa shape index (κ3) is 7.63. The number of carbonyl (C=O) groups excluding carboxylic acids is 1. The Kier molecular flexibility index (Phi) is 9.23. The van der Waals surface area contributed by atoms with Crippen LogP contribution in [0, 0.1) is 5.82 Å². The second kappa shape index (κ2) is 12.4. The maximum atomic E-state index is 14.2. The van der Waals surface area contributed by atoms with Crippen molar-refractivity contribution in [2.24, 2.45) is 0 Å². The molecule has 1 saturated heterocycles. The number of benzene rings is 3. The summed E-state index contributed by atoms with van der Waals surface area (Å²) in [5.74, 6) is -1.34. The van der Waals surface area contributed by atoms with Crippen LogP contribution in [0.4, 0.5) is 36.4 Å². The second-order valence-corrected chi connectivity index (χ2v) is 11.7. The molecule has 42 heavy (non-hydrogen) atoms. The standard InChI is InChI=1S/C27H21F7N2O4S2/c28-18-6-8-21(9-7-18)42(38,39)35-19-2-1-3-20(16-19)41-22-10-4-17(5-11-23(37)36-12-14-40-15-13-36)24(26(29,30)31)25(22)27(32,33)34/h1-11,16,35H,12-15H2. The quantitative estimate of drug-likeness (QED) is 0.232. The van der Waals surface area contributed by atoms with Crippen LogP contribution in [0.3, 0.4) is 0 Å². The van der Waals surface area contributed by atoms with Gasteiger partial charge in [-0.15, -0.1) is 0 Å². The number of halogens is 7. The van der Waals surface area contributed by atoms with E-state index in [1.54, 1.807) is 0 Å². The monoisotopic (exact) mass is 634 g/mol. The Balaban J connectivity index is 1.68. The first kappa shape index (κ1) is 31.4. The average Bonchev–Trinajstić information content (AvgIpc) is 2.91. The average molecular weight is 635 g/mol. The van der Waals surface area contributed by atoms with Crippen molar-refractivity contribution in [3.63, 3.8) is 0 Å². The number of amides is 1. The number of rotatable bonds is 7. The summed E-state index contributed by atoms with van der Waals surface area (Å²) >= 11 is 0.348. The summed E-state index contributed by atoms with van der Waals surface area (Å²) in [6, 6.07) is 10.6. The Hall–Kier alpha value is -3.56. The first-order valence-corrected chi connectivity index (χ1v) is 14.4. The van der Waals surface area contributed by atoms with Gasteiger partial charge in [-0.25, -0.2) is 12.8 Å². The molecule has 0 atom stereocenters. The van der Waals surface area contributed by atoms with E-state index in [1.165, 1.54) is 23.1 Å². The molecule has 1 aliphatic heterocycles. The van der Waals surface area contributed by atoms with Gasteiger partial charge >= 0.3 is 12.4 Å². The van der Waals surface area contributed by atoms with Gasteiger partial charge in [0.2, 0.25) is 5.91 Å². The van der Waals surface area contributed by atoms with Crippen LogP contribution in [0.25, 0.3) is 6.08 Å². The zero-order valence-corrected chi connectivity index (χ0v) is 22.9. The maximum Gasteiger partial charge on any atom is 0.418 e. The lowest BCUT2D eigenvalue weighted by atomic mass is 9.99. The van der Waals surface area contributed by atoms with Gasteiger partial charge in [0.25, 0.3) is 10.0 Å². The first-order chi connectivity index (χ1) is 19.6. The van der Waals surface area contributed by atoms with Crippen LogP contribution >= 0.6 is 11.8 Å². The minimum absolute atomic E-state index is 0.00119. The van der Waals surface area contributed by atoms with Crippen LogP contribution in [-0.4, -0.2) is 45.5 Å². The summed E-state index contributed by atoms with van der Waals surface area (Å²) < 4.78 is 131. The lowest BCUT2D eigenvalue weighted by Gasteiger charge is -2.25. The Bertz CT molecular complexity index is 1580. The predicted octanol–water partition coefficient (Wildman–Crippen LogP) is 6.69. The first-order valence-electron chi connectivity index (χ1n) is 12.1. The van der Waals surface area contributed by atoms with E-state index in [9.17, 15) is 43.9 Å². The number of hydrogen-bond donors (Lipinski definition) is 1. The van der Waals surface area contributed by atoms with Gasteiger partial charge in [0.1, 0.15) is 5.82 Å². The van der Waals surface area contributed by atoms with Crippen molar-refractivity contribution >= 4 is 39.5 Å². The number of sulfonamides is 1. The molecule has 1 heterocycles. The minimum atomic E-state index is -5.44. The summed E-state index contributed by atoms with van der Waals surface area (Å²) in [5, 5.41) is 0. The summed E-state index contributed by atoms with van der Waals surface area (Å²) in [6.07, 6.45) is -9.38. The van der Waals surface area contributed by atoms with Gasteiger partial charge in [0.15, 0.2) is 0 Å². The molecule has 1 amide bonds. The third-order valence-electron chi connectivity index (χ3n) is 5.93. The Labute approximate surface area is 240 Å². The number of nitrogens with zero attached hydrogens (tertiary/aromatic N) is 1. The fraction of sp³-hybridized carbons (Fsp3) is 0.222. The molecule has 0 radical (unpaired) electrons. The van der Waals surface area contributed by atoms with E-state index in [0.717, 1.165) is 48.5 Å². The van der Waals surface area contributed by atoms with Gasteiger partial charge in [-0.2, -0.15) is 26.3 Å². The zero-order chi connectivity index (χ0) is 30.7. The van der Waals surface area contributed by atoms with Crippen molar-refractivity contribution in [2.45, 2.75) is 27.0 Å². The van der Waals surface area contributed by atoms with E-state index < -0.39 is 55.7 Å². The van der Waals surface area contributed by atoms with Gasteiger partial charge in [-0.3, -0.25) is 9.52 Å². The molecule has 1 fully saturated rings. The Morgan fingerprint density at radius 2 is 1.55 bits per heavy atom. The zero-order valence-electron chi connectivity index (χ0n) is 21.3. The number of nitrogens with one attached hydrogen (secondary N) is 1. The molecule has 4 rings (SSSR count). The SMILES string of the molecule is O=C(C=Cc1ccc(Sc2cccc(NS(=O)(=O)c3ccc(F)cc3)c2)c(C(F)(F)F)c1C(F)(F)F)N1CCOCC1. The Morgan fingerprint density at radius 3 is 2.17 bits per heavy atom. The van der Waals surface area contributed by atoms with Crippen LogP contribution in [0.2, 0.25) is 0 Å². The highest BCUT2D eigenvalue weighted by atomic mass is 32.2. The number of alkyl halides is 6. The molecular weight excluding hydrogens is 613 g/mol. The molecule has 0 unspecified atom stereocenters. The van der Waals surface area contributed by atoms with Crippen molar-refractivity contribution in [1.29, 1.82) is 0 Å². The van der Waals surface area contributed by atoms with Crippen molar-refractivity contribution in [2.75, 3.05) is 31.0 Å². The predicted molar refractivity (Wildman–Crippen MR) is 141 cm³/mol. The molecule has 6 nitrogen and oxygen atoms in total. The highest BCUT2D eigenvalue weighted by Crippen LogP contribution is 2.48. The molecular formula is C27H21F7N2O4S2. The molecule has 3 aromatic rings. The van der Waals surface area contributed by atoms with Crippen molar-refractivity contribution in [1.82, 2.24) is 4.90 Å². The molecule has 0 bridgehead atoms. The van der Waals surface area contributed by atoms with Crippen LogP contribution < -0.4 is 4.72 Å². The van der Waals surface area contributed by atoms with E-state index in [1.807, 2.05) is 0 Å². The number of anilines is 1. The molecule has 1 aliphatic rings. The smallest absolute Gasteiger partial charge is 0.378 e. The number of carbonyl (C=O) groups is 1.